The molecule has 0 aromatic carbocycles. The average molecular weight is 505 g/mol. The lowest BCUT2D eigenvalue weighted by atomic mass is 9.43. The first-order valence-corrected chi connectivity index (χ1v) is 14.4. The normalized spacial score (nSPS) is 44.4. The van der Waals surface area contributed by atoms with Crippen LogP contribution in [0.2, 0.25) is 0 Å². The number of ether oxygens (including phenoxy) is 3. The lowest BCUT2D eigenvalue weighted by molar-refractivity contribution is -0.224. The Kier molecular flexibility index (Phi) is 7.84. The van der Waals surface area contributed by atoms with E-state index < -0.39 is 0 Å². The third kappa shape index (κ3) is 4.71. The van der Waals surface area contributed by atoms with Gasteiger partial charge in [0, 0.05) is 32.1 Å². The molecule has 204 valence electrons. The van der Waals surface area contributed by atoms with Gasteiger partial charge in [-0.1, -0.05) is 40.5 Å². The summed E-state index contributed by atoms with van der Waals surface area (Å²) >= 11 is 0. The van der Waals surface area contributed by atoms with Crippen LogP contribution in [0.1, 0.15) is 106 Å². The van der Waals surface area contributed by atoms with E-state index in [1.54, 1.807) is 6.92 Å². The minimum Gasteiger partial charge on any atom is -0.463 e. The molecule has 0 aromatic heterocycles. The first-order valence-electron chi connectivity index (χ1n) is 14.4. The van der Waals surface area contributed by atoms with Gasteiger partial charge >= 0.3 is 17.9 Å². The molecule has 0 spiro atoms. The van der Waals surface area contributed by atoms with Crippen molar-refractivity contribution in [2.45, 2.75) is 125 Å². The lowest BCUT2D eigenvalue weighted by Gasteiger charge is -2.64. The molecule has 0 heterocycles. The van der Waals surface area contributed by atoms with Gasteiger partial charge in [0.1, 0.15) is 18.3 Å². The van der Waals surface area contributed by atoms with Crippen LogP contribution in [-0.2, 0) is 28.6 Å². The second-order valence-electron chi connectivity index (χ2n) is 13.0. The van der Waals surface area contributed by atoms with Crippen molar-refractivity contribution in [3.63, 3.8) is 0 Å². The van der Waals surface area contributed by atoms with E-state index in [1.165, 1.54) is 20.3 Å². The molecule has 0 N–H and O–H groups in total. The lowest BCUT2D eigenvalue weighted by Crippen LogP contribution is -2.63. The quantitative estimate of drug-likeness (QED) is 0.321. The summed E-state index contributed by atoms with van der Waals surface area (Å²) in [6.45, 7) is 13.9. The van der Waals surface area contributed by atoms with Gasteiger partial charge in [-0.15, -0.1) is 0 Å². The van der Waals surface area contributed by atoms with Gasteiger partial charge in [0.15, 0.2) is 0 Å². The zero-order chi connectivity index (χ0) is 26.4. The summed E-state index contributed by atoms with van der Waals surface area (Å²) in [5, 5.41) is 0. The van der Waals surface area contributed by atoms with Crippen molar-refractivity contribution in [3.8, 4) is 0 Å². The van der Waals surface area contributed by atoms with Gasteiger partial charge < -0.3 is 14.2 Å². The van der Waals surface area contributed by atoms with Crippen molar-refractivity contribution in [2.24, 2.45) is 46.3 Å². The van der Waals surface area contributed by atoms with Crippen LogP contribution < -0.4 is 0 Å². The van der Waals surface area contributed by atoms with Crippen LogP contribution in [0.5, 0.6) is 0 Å². The van der Waals surface area contributed by atoms with Crippen molar-refractivity contribution in [2.75, 3.05) is 0 Å². The van der Waals surface area contributed by atoms with Gasteiger partial charge in [0.25, 0.3) is 0 Å². The van der Waals surface area contributed by atoms with Crippen LogP contribution in [0.15, 0.2) is 0 Å². The van der Waals surface area contributed by atoms with E-state index in [-0.39, 0.29) is 53.0 Å². The zero-order valence-corrected chi connectivity index (χ0v) is 23.5. The summed E-state index contributed by atoms with van der Waals surface area (Å²) in [5.41, 5.74) is -0.0667. The van der Waals surface area contributed by atoms with E-state index in [4.69, 9.17) is 14.2 Å². The number of hydrogen-bond acceptors (Lipinski definition) is 6. The fourth-order valence-corrected chi connectivity index (χ4v) is 9.77. The predicted octanol–water partition coefficient (Wildman–Crippen LogP) is 6.10. The highest BCUT2D eigenvalue weighted by Crippen LogP contribution is 2.69. The van der Waals surface area contributed by atoms with Gasteiger partial charge in [-0.25, -0.2) is 0 Å². The molecule has 4 saturated carbocycles. The van der Waals surface area contributed by atoms with E-state index in [1.807, 2.05) is 0 Å². The van der Waals surface area contributed by atoms with Gasteiger partial charge in [0.05, 0.1) is 0 Å². The van der Waals surface area contributed by atoms with Crippen molar-refractivity contribution in [1.29, 1.82) is 0 Å². The first-order chi connectivity index (χ1) is 16.9. The fraction of sp³-hybridized carbons (Fsp3) is 0.900. The van der Waals surface area contributed by atoms with Crippen molar-refractivity contribution >= 4 is 17.9 Å². The third-order valence-electron chi connectivity index (χ3n) is 11.1. The standard InChI is InChI=1S/C30H48O6/c1-8-9-17(2)23-10-11-24-28-25(16-27(30(23,24)7)36-20(5)33)29(6)13-12-22(34-18(3)31)14-21(29)15-26(28)35-19(4)32/h17,21-28H,8-16H2,1-7H3/t17?,21-,22+,23+,24-,25-,26+,27-,28-,29-,30+/m0/s1. The Morgan fingerprint density at radius 1 is 0.861 bits per heavy atom. The Bertz CT molecular complexity index is 854. The van der Waals surface area contributed by atoms with E-state index in [0.29, 0.717) is 29.6 Å². The molecule has 4 rings (SSSR count). The molecule has 6 heteroatoms. The molecule has 6 nitrogen and oxygen atoms in total. The molecule has 4 aliphatic rings. The average Bonchev–Trinajstić information content (AvgIpc) is 3.12. The second-order valence-corrected chi connectivity index (χ2v) is 13.0. The van der Waals surface area contributed by atoms with E-state index >= 15 is 0 Å². The van der Waals surface area contributed by atoms with Crippen molar-refractivity contribution in [1.82, 2.24) is 0 Å². The second kappa shape index (κ2) is 10.3. The minimum atomic E-state index is -0.227. The molecule has 0 saturated heterocycles. The molecule has 36 heavy (non-hydrogen) atoms. The Labute approximate surface area is 217 Å². The molecule has 0 aliphatic heterocycles. The summed E-state index contributed by atoms with van der Waals surface area (Å²) in [7, 11) is 0. The number of esters is 3. The molecule has 0 radical (unpaired) electrons. The summed E-state index contributed by atoms with van der Waals surface area (Å²) < 4.78 is 18.0. The number of hydrogen-bond donors (Lipinski definition) is 0. The van der Waals surface area contributed by atoms with Crippen LogP contribution in [0.3, 0.4) is 0 Å². The zero-order valence-electron chi connectivity index (χ0n) is 23.5. The monoisotopic (exact) mass is 504 g/mol. The first kappa shape index (κ1) is 27.4. The molecular weight excluding hydrogens is 456 g/mol. The van der Waals surface area contributed by atoms with Crippen LogP contribution in [-0.4, -0.2) is 36.2 Å². The maximum atomic E-state index is 12.4. The number of carbonyl (C=O) groups excluding carboxylic acids is 3. The topological polar surface area (TPSA) is 78.9 Å². The highest BCUT2D eigenvalue weighted by atomic mass is 16.6. The Morgan fingerprint density at radius 2 is 1.53 bits per heavy atom. The molecule has 1 unspecified atom stereocenters. The van der Waals surface area contributed by atoms with E-state index in [9.17, 15) is 14.4 Å². The predicted molar refractivity (Wildman–Crippen MR) is 137 cm³/mol. The minimum absolute atomic E-state index is 0.0464. The molecule has 4 fully saturated rings. The van der Waals surface area contributed by atoms with Gasteiger partial charge in [-0.2, -0.15) is 0 Å². The number of rotatable bonds is 6. The SMILES string of the molecule is CCCC(C)[C@H]1CC[C@H]2[C@@H]3[C@H](OC(C)=O)C[C@@H]4C[C@H](OC(C)=O)CC[C@]4(C)[C@H]3C[C@H](OC(C)=O)[C@]12C. The van der Waals surface area contributed by atoms with Crippen LogP contribution >= 0.6 is 0 Å². The smallest absolute Gasteiger partial charge is 0.302 e. The summed E-state index contributed by atoms with van der Waals surface area (Å²) in [6.07, 6.45) is 8.57. The maximum Gasteiger partial charge on any atom is 0.302 e. The summed E-state index contributed by atoms with van der Waals surface area (Å²) in [5.74, 6) is 1.67. The van der Waals surface area contributed by atoms with Gasteiger partial charge in [-0.3, -0.25) is 14.4 Å². The highest BCUT2D eigenvalue weighted by Gasteiger charge is 2.67. The van der Waals surface area contributed by atoms with E-state index in [0.717, 1.165) is 51.4 Å². The van der Waals surface area contributed by atoms with Crippen LogP contribution in [0.25, 0.3) is 0 Å². The Morgan fingerprint density at radius 3 is 2.14 bits per heavy atom. The molecular formula is C30H48O6. The Balaban J connectivity index is 1.73. The van der Waals surface area contributed by atoms with Crippen LogP contribution in [0, 0.1) is 46.3 Å². The molecule has 0 amide bonds. The van der Waals surface area contributed by atoms with Gasteiger partial charge in [-0.05, 0) is 80.0 Å². The van der Waals surface area contributed by atoms with E-state index in [2.05, 4.69) is 27.7 Å². The third-order valence-corrected chi connectivity index (χ3v) is 11.1. The maximum absolute atomic E-state index is 12.4. The van der Waals surface area contributed by atoms with Crippen LogP contribution in [0.4, 0.5) is 0 Å². The summed E-state index contributed by atoms with van der Waals surface area (Å²) in [6, 6.07) is 0. The fourth-order valence-electron chi connectivity index (χ4n) is 9.77. The Hall–Kier alpha value is -1.59. The molecule has 4 aliphatic carbocycles. The molecule has 11 atom stereocenters. The van der Waals surface area contributed by atoms with Crippen molar-refractivity contribution < 1.29 is 28.6 Å². The molecule has 0 bridgehead atoms. The number of fused-ring (bicyclic) bond motifs is 5. The highest BCUT2D eigenvalue weighted by molar-refractivity contribution is 5.67. The van der Waals surface area contributed by atoms with Gasteiger partial charge in [0.2, 0.25) is 0 Å². The largest absolute Gasteiger partial charge is 0.463 e. The summed E-state index contributed by atoms with van der Waals surface area (Å²) in [4.78, 5) is 36.4. The van der Waals surface area contributed by atoms with Crippen molar-refractivity contribution in [3.05, 3.63) is 0 Å². The molecule has 0 aromatic rings. The number of carbonyl (C=O) groups is 3.